The molecular weight excluding hydrogens is 236 g/mol. The normalized spacial score (nSPS) is 15.5. The lowest BCUT2D eigenvalue weighted by molar-refractivity contribution is 0.203. The summed E-state index contributed by atoms with van der Waals surface area (Å²) in [5.41, 5.74) is 1.17. The minimum Gasteiger partial charge on any atom is -0.478 e. The summed E-state index contributed by atoms with van der Waals surface area (Å²) in [6.07, 6.45) is 7.07. The molecule has 1 fully saturated rings. The molecule has 19 heavy (non-hydrogen) atoms. The van der Waals surface area contributed by atoms with Gasteiger partial charge < -0.3 is 9.64 Å². The lowest BCUT2D eigenvalue weighted by atomic mass is 10.1. The number of piperidine rings is 1. The molecule has 0 saturated carbocycles. The average Bonchev–Trinajstić information content (AvgIpc) is 2.49. The second-order valence-corrected chi connectivity index (χ2v) is 4.78. The maximum Gasteiger partial charge on any atom is 0.213 e. The molecule has 1 aromatic heterocycles. The van der Waals surface area contributed by atoms with Gasteiger partial charge in [0.2, 0.25) is 5.88 Å². The number of ether oxygens (including phenoxy) is 1. The first kappa shape index (κ1) is 16.0. The predicted octanol–water partition coefficient (Wildman–Crippen LogP) is 3.67. The Morgan fingerprint density at radius 2 is 1.89 bits per heavy atom. The van der Waals surface area contributed by atoms with Gasteiger partial charge in [0.1, 0.15) is 0 Å². The molecule has 108 valence electrons. The van der Waals surface area contributed by atoms with E-state index in [1.54, 1.807) is 0 Å². The first-order valence-electron chi connectivity index (χ1n) is 7.62. The molecule has 1 saturated heterocycles. The average molecular weight is 264 g/mol. The van der Waals surface area contributed by atoms with Crippen LogP contribution in [0.1, 0.15) is 45.1 Å². The molecule has 1 aliphatic rings. The van der Waals surface area contributed by atoms with Gasteiger partial charge in [-0.15, -0.1) is 0 Å². The lowest BCUT2D eigenvalue weighted by Gasteiger charge is -2.26. The fourth-order valence-corrected chi connectivity index (χ4v) is 2.19. The maximum absolute atomic E-state index is 5.61. The van der Waals surface area contributed by atoms with Crippen molar-refractivity contribution in [1.29, 1.82) is 0 Å². The van der Waals surface area contributed by atoms with Gasteiger partial charge >= 0.3 is 0 Å². The summed E-state index contributed by atoms with van der Waals surface area (Å²) in [6, 6.07) is 3.98. The molecule has 0 radical (unpaired) electrons. The van der Waals surface area contributed by atoms with Crippen molar-refractivity contribution in [3.8, 4) is 5.88 Å². The van der Waals surface area contributed by atoms with E-state index in [0.29, 0.717) is 0 Å². The minimum atomic E-state index is 0.745. The summed E-state index contributed by atoms with van der Waals surface area (Å²) in [6.45, 7) is 10.5. The Morgan fingerprint density at radius 3 is 2.53 bits per heavy atom. The zero-order valence-corrected chi connectivity index (χ0v) is 12.7. The molecule has 3 nitrogen and oxygen atoms in total. The van der Waals surface area contributed by atoms with Crippen molar-refractivity contribution in [3.05, 3.63) is 23.9 Å². The van der Waals surface area contributed by atoms with Gasteiger partial charge in [0, 0.05) is 18.8 Å². The highest BCUT2D eigenvalue weighted by molar-refractivity contribution is 5.16. The molecule has 0 spiro atoms. The molecule has 0 unspecified atom stereocenters. The molecule has 1 aliphatic heterocycles. The first-order valence-corrected chi connectivity index (χ1v) is 7.62. The molecule has 0 aliphatic carbocycles. The summed E-state index contributed by atoms with van der Waals surface area (Å²) >= 11 is 0. The third-order valence-corrected chi connectivity index (χ3v) is 3.20. The van der Waals surface area contributed by atoms with E-state index in [1.165, 1.54) is 37.9 Å². The summed E-state index contributed by atoms with van der Waals surface area (Å²) in [5, 5.41) is 0. The van der Waals surface area contributed by atoms with Crippen LogP contribution >= 0.6 is 0 Å². The van der Waals surface area contributed by atoms with Gasteiger partial charge in [0.15, 0.2) is 0 Å². The number of pyridine rings is 1. The SMILES string of the molecule is CC.Cc1ccc(OCCCN2CCCCC2)nc1. The Hall–Kier alpha value is -1.09. The van der Waals surface area contributed by atoms with Crippen molar-refractivity contribution in [1.82, 2.24) is 9.88 Å². The van der Waals surface area contributed by atoms with E-state index in [2.05, 4.69) is 9.88 Å². The highest BCUT2D eigenvalue weighted by atomic mass is 16.5. The largest absolute Gasteiger partial charge is 0.478 e. The number of hydrogen-bond donors (Lipinski definition) is 0. The molecule has 2 heterocycles. The highest BCUT2D eigenvalue weighted by Crippen LogP contribution is 2.10. The Kier molecular flexibility index (Phi) is 8.23. The van der Waals surface area contributed by atoms with Gasteiger partial charge in [0.25, 0.3) is 0 Å². The van der Waals surface area contributed by atoms with E-state index in [0.717, 1.165) is 25.5 Å². The lowest BCUT2D eigenvalue weighted by Crippen LogP contribution is -2.31. The number of hydrogen-bond acceptors (Lipinski definition) is 3. The Labute approximate surface area is 118 Å². The van der Waals surface area contributed by atoms with Gasteiger partial charge in [-0.05, 0) is 44.8 Å². The van der Waals surface area contributed by atoms with E-state index in [-0.39, 0.29) is 0 Å². The van der Waals surface area contributed by atoms with Crippen LogP contribution in [0.4, 0.5) is 0 Å². The standard InChI is InChI=1S/C14H22N2O.C2H6/c1-13-6-7-14(15-12-13)17-11-5-10-16-8-3-2-4-9-16;1-2/h6-7,12H,2-5,8-11H2,1H3;1-2H3. The van der Waals surface area contributed by atoms with Crippen LogP contribution in [-0.2, 0) is 0 Å². The highest BCUT2D eigenvalue weighted by Gasteiger charge is 2.08. The van der Waals surface area contributed by atoms with Crippen molar-refractivity contribution in [2.45, 2.75) is 46.5 Å². The number of aromatic nitrogens is 1. The quantitative estimate of drug-likeness (QED) is 0.759. The number of rotatable bonds is 5. The van der Waals surface area contributed by atoms with Gasteiger partial charge in [0.05, 0.1) is 6.61 Å². The van der Waals surface area contributed by atoms with E-state index >= 15 is 0 Å². The van der Waals surface area contributed by atoms with E-state index in [9.17, 15) is 0 Å². The fourth-order valence-electron chi connectivity index (χ4n) is 2.19. The van der Waals surface area contributed by atoms with E-state index in [1.807, 2.05) is 39.1 Å². The van der Waals surface area contributed by atoms with E-state index < -0.39 is 0 Å². The van der Waals surface area contributed by atoms with Gasteiger partial charge in [-0.3, -0.25) is 0 Å². The van der Waals surface area contributed by atoms with Crippen LogP contribution in [0.2, 0.25) is 0 Å². The molecule has 1 aromatic rings. The van der Waals surface area contributed by atoms with Crippen molar-refractivity contribution in [2.75, 3.05) is 26.2 Å². The molecule has 0 amide bonds. The number of likely N-dealkylation sites (tertiary alicyclic amines) is 1. The molecular formula is C16H28N2O. The fraction of sp³-hybridized carbons (Fsp3) is 0.688. The van der Waals surface area contributed by atoms with Crippen LogP contribution < -0.4 is 4.74 Å². The van der Waals surface area contributed by atoms with E-state index in [4.69, 9.17) is 4.74 Å². The Morgan fingerprint density at radius 1 is 1.16 bits per heavy atom. The molecule has 0 N–H and O–H groups in total. The topological polar surface area (TPSA) is 25.4 Å². The number of nitrogens with zero attached hydrogens (tertiary/aromatic N) is 2. The molecule has 2 rings (SSSR count). The van der Waals surface area contributed by atoms with Gasteiger partial charge in [-0.1, -0.05) is 26.3 Å². The monoisotopic (exact) mass is 264 g/mol. The van der Waals surface area contributed by atoms with Crippen LogP contribution in [0, 0.1) is 6.92 Å². The van der Waals surface area contributed by atoms with Crippen molar-refractivity contribution in [2.24, 2.45) is 0 Å². The smallest absolute Gasteiger partial charge is 0.213 e. The molecule has 3 heteroatoms. The molecule has 0 atom stereocenters. The Bertz CT molecular complexity index is 318. The summed E-state index contributed by atoms with van der Waals surface area (Å²) in [7, 11) is 0. The summed E-state index contributed by atoms with van der Waals surface area (Å²) in [4.78, 5) is 6.76. The summed E-state index contributed by atoms with van der Waals surface area (Å²) < 4.78 is 5.61. The zero-order valence-electron chi connectivity index (χ0n) is 12.7. The number of aryl methyl sites for hydroxylation is 1. The second-order valence-electron chi connectivity index (χ2n) is 4.78. The van der Waals surface area contributed by atoms with Crippen molar-refractivity contribution < 1.29 is 4.74 Å². The third kappa shape index (κ3) is 6.58. The van der Waals surface area contributed by atoms with Crippen LogP contribution in [0.5, 0.6) is 5.88 Å². The van der Waals surface area contributed by atoms with Gasteiger partial charge in [-0.25, -0.2) is 4.98 Å². The molecule has 0 aromatic carbocycles. The Balaban J connectivity index is 0.000000861. The zero-order chi connectivity index (χ0) is 13.9. The predicted molar refractivity (Wildman–Crippen MR) is 80.7 cm³/mol. The van der Waals surface area contributed by atoms with Crippen LogP contribution in [0.3, 0.4) is 0 Å². The molecule has 0 bridgehead atoms. The second kappa shape index (κ2) is 9.79. The van der Waals surface area contributed by atoms with Crippen LogP contribution in [0.25, 0.3) is 0 Å². The third-order valence-electron chi connectivity index (χ3n) is 3.20. The first-order chi connectivity index (χ1) is 9.34. The van der Waals surface area contributed by atoms with Crippen molar-refractivity contribution >= 4 is 0 Å². The van der Waals surface area contributed by atoms with Crippen molar-refractivity contribution in [3.63, 3.8) is 0 Å². The van der Waals surface area contributed by atoms with Crippen LogP contribution in [-0.4, -0.2) is 36.1 Å². The maximum atomic E-state index is 5.61. The summed E-state index contributed by atoms with van der Waals surface area (Å²) in [5.74, 6) is 0.745. The van der Waals surface area contributed by atoms with Crippen LogP contribution in [0.15, 0.2) is 18.3 Å². The minimum absolute atomic E-state index is 0.745. The van der Waals surface area contributed by atoms with Gasteiger partial charge in [-0.2, -0.15) is 0 Å².